The second-order valence-corrected chi connectivity index (χ2v) is 6.42. The van der Waals surface area contributed by atoms with Gasteiger partial charge in [0, 0.05) is 25.5 Å². The van der Waals surface area contributed by atoms with Crippen LogP contribution in [-0.2, 0) is 19.6 Å². The van der Waals surface area contributed by atoms with Crippen molar-refractivity contribution in [2.75, 3.05) is 6.54 Å². The fraction of sp³-hybridized carbons (Fsp3) is 0.474. The molecular weight excluding hydrogens is 298 g/mol. The summed E-state index contributed by atoms with van der Waals surface area (Å²) in [5, 5.41) is 6.66. The molecule has 24 heavy (non-hydrogen) atoms. The largest absolute Gasteiger partial charge is 0.357 e. The lowest BCUT2D eigenvalue weighted by Crippen LogP contribution is -2.37. The number of nitrogens with zero attached hydrogens (tertiary/aromatic N) is 3. The SMILES string of the molecule is CCNC(=NCc1ccc(C)cc1)NCc1nccn1CC(C)C. The first kappa shape index (κ1) is 18.0. The summed E-state index contributed by atoms with van der Waals surface area (Å²) >= 11 is 0. The van der Waals surface area contributed by atoms with Gasteiger partial charge in [-0.3, -0.25) is 0 Å². The summed E-state index contributed by atoms with van der Waals surface area (Å²) in [5.74, 6) is 2.45. The van der Waals surface area contributed by atoms with Crippen LogP contribution in [-0.4, -0.2) is 22.1 Å². The Morgan fingerprint density at radius 1 is 1.21 bits per heavy atom. The molecule has 5 heteroatoms. The van der Waals surface area contributed by atoms with E-state index in [0.29, 0.717) is 19.0 Å². The van der Waals surface area contributed by atoms with Crippen LogP contribution in [0.25, 0.3) is 0 Å². The highest BCUT2D eigenvalue weighted by Crippen LogP contribution is 2.05. The average Bonchev–Trinajstić information content (AvgIpc) is 2.98. The number of benzene rings is 1. The van der Waals surface area contributed by atoms with Crippen molar-refractivity contribution in [3.8, 4) is 0 Å². The van der Waals surface area contributed by atoms with Crippen LogP contribution in [0.15, 0.2) is 41.7 Å². The van der Waals surface area contributed by atoms with E-state index in [9.17, 15) is 0 Å². The second-order valence-electron chi connectivity index (χ2n) is 6.42. The monoisotopic (exact) mass is 327 g/mol. The van der Waals surface area contributed by atoms with Gasteiger partial charge in [0.15, 0.2) is 5.96 Å². The zero-order valence-corrected chi connectivity index (χ0v) is 15.2. The molecule has 1 aromatic carbocycles. The van der Waals surface area contributed by atoms with E-state index in [4.69, 9.17) is 0 Å². The van der Waals surface area contributed by atoms with Crippen LogP contribution in [0.5, 0.6) is 0 Å². The van der Waals surface area contributed by atoms with Gasteiger partial charge in [-0.25, -0.2) is 9.98 Å². The van der Waals surface area contributed by atoms with Crippen molar-refractivity contribution >= 4 is 5.96 Å². The molecule has 0 atom stereocenters. The number of guanidine groups is 1. The van der Waals surface area contributed by atoms with Crippen LogP contribution in [0.4, 0.5) is 0 Å². The van der Waals surface area contributed by atoms with Crippen molar-refractivity contribution in [3.63, 3.8) is 0 Å². The first-order valence-electron chi connectivity index (χ1n) is 8.66. The number of nitrogens with one attached hydrogen (secondary N) is 2. The Morgan fingerprint density at radius 3 is 2.62 bits per heavy atom. The molecule has 0 aliphatic rings. The van der Waals surface area contributed by atoms with Gasteiger partial charge in [0.1, 0.15) is 5.82 Å². The minimum absolute atomic E-state index is 0.599. The topological polar surface area (TPSA) is 54.2 Å². The quantitative estimate of drug-likeness (QED) is 0.607. The normalized spacial score (nSPS) is 11.8. The Morgan fingerprint density at radius 2 is 1.96 bits per heavy atom. The zero-order valence-electron chi connectivity index (χ0n) is 15.2. The smallest absolute Gasteiger partial charge is 0.191 e. The Hall–Kier alpha value is -2.30. The number of hydrogen-bond acceptors (Lipinski definition) is 2. The van der Waals surface area contributed by atoms with Gasteiger partial charge in [0.2, 0.25) is 0 Å². The van der Waals surface area contributed by atoms with Gasteiger partial charge >= 0.3 is 0 Å². The van der Waals surface area contributed by atoms with Crippen molar-refractivity contribution < 1.29 is 0 Å². The summed E-state index contributed by atoms with van der Waals surface area (Å²) < 4.78 is 2.20. The van der Waals surface area contributed by atoms with Crippen molar-refractivity contribution in [1.82, 2.24) is 20.2 Å². The molecule has 2 aromatic rings. The van der Waals surface area contributed by atoms with Gasteiger partial charge in [-0.2, -0.15) is 0 Å². The molecule has 0 amide bonds. The molecule has 0 fully saturated rings. The third kappa shape index (κ3) is 5.72. The average molecular weight is 327 g/mol. The highest BCUT2D eigenvalue weighted by atomic mass is 15.2. The predicted molar refractivity (Wildman–Crippen MR) is 99.9 cm³/mol. The first-order chi connectivity index (χ1) is 11.6. The number of aliphatic imine (C=N–C) groups is 1. The van der Waals surface area contributed by atoms with Crippen LogP contribution >= 0.6 is 0 Å². The number of aryl methyl sites for hydroxylation is 1. The summed E-state index contributed by atoms with van der Waals surface area (Å²) in [6.45, 7) is 11.7. The number of imidazole rings is 1. The Labute approximate surface area is 145 Å². The third-order valence-electron chi connectivity index (χ3n) is 3.66. The molecule has 1 aromatic heterocycles. The molecule has 0 radical (unpaired) electrons. The van der Waals surface area contributed by atoms with Crippen LogP contribution in [0.2, 0.25) is 0 Å². The maximum absolute atomic E-state index is 4.66. The van der Waals surface area contributed by atoms with E-state index < -0.39 is 0 Å². The van der Waals surface area contributed by atoms with Crippen molar-refractivity contribution in [1.29, 1.82) is 0 Å². The molecule has 0 aliphatic heterocycles. The van der Waals surface area contributed by atoms with Gasteiger partial charge < -0.3 is 15.2 Å². The maximum atomic E-state index is 4.66. The summed E-state index contributed by atoms with van der Waals surface area (Å²) in [5.41, 5.74) is 2.48. The number of aromatic nitrogens is 2. The zero-order chi connectivity index (χ0) is 17.4. The lowest BCUT2D eigenvalue weighted by atomic mass is 10.1. The van der Waals surface area contributed by atoms with E-state index in [1.54, 1.807) is 0 Å². The lowest BCUT2D eigenvalue weighted by molar-refractivity contribution is 0.503. The Bertz CT molecular complexity index is 640. The highest BCUT2D eigenvalue weighted by molar-refractivity contribution is 5.79. The molecule has 0 aliphatic carbocycles. The molecule has 0 saturated heterocycles. The standard InChI is InChI=1S/C19H29N5/c1-5-20-19(22-12-17-8-6-16(4)7-9-17)23-13-18-21-10-11-24(18)14-15(2)3/h6-11,15H,5,12-14H2,1-4H3,(H2,20,22,23). The highest BCUT2D eigenvalue weighted by Gasteiger charge is 2.06. The van der Waals surface area contributed by atoms with Crippen LogP contribution < -0.4 is 10.6 Å². The van der Waals surface area contributed by atoms with Crippen molar-refractivity contribution in [2.45, 2.75) is 47.3 Å². The van der Waals surface area contributed by atoms with Gasteiger partial charge in [0.05, 0.1) is 13.1 Å². The van der Waals surface area contributed by atoms with Crippen LogP contribution in [0, 0.1) is 12.8 Å². The minimum Gasteiger partial charge on any atom is -0.357 e. The molecule has 1 heterocycles. The Kier molecular flexibility index (Phi) is 6.85. The molecule has 2 N–H and O–H groups in total. The van der Waals surface area contributed by atoms with Gasteiger partial charge in [-0.1, -0.05) is 43.7 Å². The summed E-state index contributed by atoms with van der Waals surface area (Å²) in [6, 6.07) is 8.48. The third-order valence-corrected chi connectivity index (χ3v) is 3.66. The maximum Gasteiger partial charge on any atom is 0.191 e. The molecule has 0 bridgehead atoms. The summed E-state index contributed by atoms with van der Waals surface area (Å²) in [6.07, 6.45) is 3.89. The van der Waals surface area contributed by atoms with Gasteiger partial charge in [0.25, 0.3) is 0 Å². The predicted octanol–water partition coefficient (Wildman–Crippen LogP) is 3.10. The van der Waals surface area contributed by atoms with E-state index in [1.807, 2.05) is 12.4 Å². The lowest BCUT2D eigenvalue weighted by Gasteiger charge is -2.13. The number of hydrogen-bond donors (Lipinski definition) is 2. The molecule has 2 rings (SSSR count). The molecule has 130 valence electrons. The van der Waals surface area contributed by atoms with Gasteiger partial charge in [-0.15, -0.1) is 0 Å². The van der Waals surface area contributed by atoms with E-state index >= 15 is 0 Å². The molecule has 0 unspecified atom stereocenters. The van der Waals surface area contributed by atoms with Crippen molar-refractivity contribution in [3.05, 3.63) is 53.6 Å². The molecule has 0 spiro atoms. The fourth-order valence-electron chi connectivity index (χ4n) is 2.44. The van der Waals surface area contributed by atoms with Crippen LogP contribution in [0.3, 0.4) is 0 Å². The number of rotatable bonds is 7. The fourth-order valence-corrected chi connectivity index (χ4v) is 2.44. The Balaban J connectivity index is 1.96. The van der Waals surface area contributed by atoms with E-state index in [2.05, 4.69) is 77.1 Å². The van der Waals surface area contributed by atoms with E-state index in [1.165, 1.54) is 11.1 Å². The van der Waals surface area contributed by atoms with Gasteiger partial charge in [-0.05, 0) is 25.3 Å². The molecular formula is C19H29N5. The first-order valence-corrected chi connectivity index (χ1v) is 8.66. The van der Waals surface area contributed by atoms with E-state index in [0.717, 1.165) is 24.9 Å². The molecule has 0 saturated carbocycles. The molecule has 5 nitrogen and oxygen atoms in total. The van der Waals surface area contributed by atoms with Crippen LogP contribution in [0.1, 0.15) is 37.7 Å². The second kappa shape index (κ2) is 9.11. The minimum atomic E-state index is 0.599. The van der Waals surface area contributed by atoms with E-state index in [-0.39, 0.29) is 0 Å². The van der Waals surface area contributed by atoms with Crippen molar-refractivity contribution in [2.24, 2.45) is 10.9 Å². The summed E-state index contributed by atoms with van der Waals surface area (Å²) in [7, 11) is 0. The summed E-state index contributed by atoms with van der Waals surface area (Å²) in [4.78, 5) is 9.11.